The topological polar surface area (TPSA) is 82.8 Å². The molecule has 1 amide bonds. The molecule has 22 heavy (non-hydrogen) atoms. The minimum absolute atomic E-state index is 0.0263. The first-order chi connectivity index (χ1) is 10.3. The molecule has 0 spiro atoms. The van der Waals surface area contributed by atoms with Crippen LogP contribution in [0.2, 0.25) is 0 Å². The van der Waals surface area contributed by atoms with Gasteiger partial charge in [0.1, 0.15) is 0 Å². The highest BCUT2D eigenvalue weighted by Crippen LogP contribution is 2.23. The van der Waals surface area contributed by atoms with Crippen molar-refractivity contribution in [3.05, 3.63) is 24.2 Å². The number of rotatable bonds is 1. The standard InChI is InChI=1S/C11H14N2O2.C2HF3O2/c14-11(10-2-1-3-15-10)13-6-8-4-9(7-13)12-5-8;3-2(4,5)1(6)7/h1-3,8-9,12H,4-7H2;(H,6,7)/t8-,9-;/m1./s1. The van der Waals surface area contributed by atoms with Crippen molar-refractivity contribution in [2.45, 2.75) is 18.6 Å². The zero-order valence-corrected chi connectivity index (χ0v) is 11.5. The molecule has 3 rings (SSSR count). The van der Waals surface area contributed by atoms with Crippen LogP contribution < -0.4 is 5.32 Å². The number of furan rings is 1. The van der Waals surface area contributed by atoms with E-state index in [1.165, 1.54) is 6.42 Å². The number of nitrogens with zero attached hydrogens (tertiary/aromatic N) is 1. The fraction of sp³-hybridized carbons (Fsp3) is 0.538. The van der Waals surface area contributed by atoms with Gasteiger partial charge in [-0.2, -0.15) is 13.2 Å². The summed E-state index contributed by atoms with van der Waals surface area (Å²) in [7, 11) is 0. The molecule has 2 saturated heterocycles. The van der Waals surface area contributed by atoms with Gasteiger partial charge in [-0.3, -0.25) is 4.79 Å². The minimum Gasteiger partial charge on any atom is -0.475 e. The number of nitrogens with one attached hydrogen (secondary N) is 1. The van der Waals surface area contributed by atoms with Gasteiger partial charge in [-0.1, -0.05) is 0 Å². The highest BCUT2D eigenvalue weighted by atomic mass is 19.4. The number of amides is 1. The van der Waals surface area contributed by atoms with Crippen molar-refractivity contribution in [2.24, 2.45) is 5.92 Å². The predicted octanol–water partition coefficient (Wildman–Crippen LogP) is 1.35. The van der Waals surface area contributed by atoms with Crippen LogP contribution in [0.1, 0.15) is 17.0 Å². The van der Waals surface area contributed by atoms with Crippen molar-refractivity contribution < 1.29 is 32.3 Å². The van der Waals surface area contributed by atoms with Gasteiger partial charge in [0.05, 0.1) is 6.26 Å². The van der Waals surface area contributed by atoms with Crippen LogP contribution in [0.5, 0.6) is 0 Å². The summed E-state index contributed by atoms with van der Waals surface area (Å²) in [6.45, 7) is 2.73. The van der Waals surface area contributed by atoms with Gasteiger partial charge in [0, 0.05) is 25.7 Å². The number of carboxylic acid groups (broad SMARTS) is 1. The van der Waals surface area contributed by atoms with Crippen molar-refractivity contribution in [3.8, 4) is 0 Å². The first kappa shape index (κ1) is 16.3. The summed E-state index contributed by atoms with van der Waals surface area (Å²) in [5.41, 5.74) is 0. The van der Waals surface area contributed by atoms with Gasteiger partial charge >= 0.3 is 12.1 Å². The van der Waals surface area contributed by atoms with E-state index in [1.807, 2.05) is 4.90 Å². The van der Waals surface area contributed by atoms with Crippen LogP contribution >= 0.6 is 0 Å². The third-order valence-corrected chi connectivity index (χ3v) is 3.49. The number of carbonyl (C=O) groups is 2. The molecule has 9 heteroatoms. The molecular weight excluding hydrogens is 305 g/mol. The fourth-order valence-electron chi connectivity index (χ4n) is 2.55. The number of hydrogen-bond acceptors (Lipinski definition) is 4. The number of likely N-dealkylation sites (tertiary alicyclic amines) is 1. The summed E-state index contributed by atoms with van der Waals surface area (Å²) in [4.78, 5) is 22.8. The zero-order chi connectivity index (χ0) is 16.3. The van der Waals surface area contributed by atoms with Crippen LogP contribution in [0.25, 0.3) is 0 Å². The summed E-state index contributed by atoms with van der Waals surface area (Å²) >= 11 is 0. The van der Waals surface area contributed by atoms with Crippen LogP contribution in [0, 0.1) is 5.92 Å². The Morgan fingerprint density at radius 2 is 2.05 bits per heavy atom. The summed E-state index contributed by atoms with van der Waals surface area (Å²) < 4.78 is 36.9. The molecule has 0 aromatic carbocycles. The Kier molecular flexibility index (Phi) is 4.74. The summed E-state index contributed by atoms with van der Waals surface area (Å²) in [5.74, 6) is -1.65. The molecule has 0 aliphatic carbocycles. The van der Waals surface area contributed by atoms with E-state index in [-0.39, 0.29) is 5.91 Å². The maximum atomic E-state index is 12.0. The first-order valence-electron chi connectivity index (χ1n) is 6.63. The van der Waals surface area contributed by atoms with Crippen LogP contribution in [0.3, 0.4) is 0 Å². The second-order valence-electron chi connectivity index (χ2n) is 5.20. The molecule has 2 aliphatic heterocycles. The maximum Gasteiger partial charge on any atom is 0.490 e. The number of hydrogen-bond donors (Lipinski definition) is 2. The van der Waals surface area contributed by atoms with Crippen LogP contribution in [-0.4, -0.2) is 53.7 Å². The molecule has 0 unspecified atom stereocenters. The summed E-state index contributed by atoms with van der Waals surface area (Å²) in [6.07, 6.45) is -2.33. The van der Waals surface area contributed by atoms with E-state index in [0.717, 1.165) is 19.6 Å². The van der Waals surface area contributed by atoms with E-state index in [2.05, 4.69) is 5.32 Å². The molecule has 2 atom stereocenters. The molecule has 1 aromatic heterocycles. The van der Waals surface area contributed by atoms with E-state index >= 15 is 0 Å². The van der Waals surface area contributed by atoms with Crippen molar-refractivity contribution in [1.29, 1.82) is 0 Å². The lowest BCUT2D eigenvalue weighted by molar-refractivity contribution is -0.192. The van der Waals surface area contributed by atoms with Gasteiger partial charge in [-0.15, -0.1) is 0 Å². The van der Waals surface area contributed by atoms with Crippen LogP contribution in [0.15, 0.2) is 22.8 Å². The fourth-order valence-corrected chi connectivity index (χ4v) is 2.55. The lowest BCUT2D eigenvalue weighted by atomic mass is 10.00. The van der Waals surface area contributed by atoms with Gasteiger partial charge in [-0.05, 0) is 24.5 Å². The lowest BCUT2D eigenvalue weighted by Crippen LogP contribution is -2.44. The lowest BCUT2D eigenvalue weighted by Gasteiger charge is -2.30. The molecule has 0 radical (unpaired) electrons. The Morgan fingerprint density at radius 3 is 2.55 bits per heavy atom. The van der Waals surface area contributed by atoms with Gasteiger partial charge in [0.15, 0.2) is 5.76 Å². The summed E-state index contributed by atoms with van der Waals surface area (Å²) in [6, 6.07) is 3.97. The normalized spacial score (nSPS) is 23.7. The van der Waals surface area contributed by atoms with Crippen LogP contribution in [-0.2, 0) is 4.79 Å². The highest BCUT2D eigenvalue weighted by molar-refractivity contribution is 5.91. The van der Waals surface area contributed by atoms with Gasteiger partial charge in [0.2, 0.25) is 0 Å². The predicted molar refractivity (Wildman–Crippen MR) is 68.2 cm³/mol. The average Bonchev–Trinajstić information content (AvgIpc) is 3.07. The van der Waals surface area contributed by atoms with Gasteiger partial charge < -0.3 is 19.7 Å². The number of fused-ring (bicyclic) bond motifs is 2. The number of carbonyl (C=O) groups excluding carboxylic acids is 1. The molecular formula is C13H15F3N2O4. The number of piperidine rings is 1. The Balaban J connectivity index is 0.000000217. The van der Waals surface area contributed by atoms with Crippen molar-refractivity contribution in [2.75, 3.05) is 19.6 Å². The quantitative estimate of drug-likeness (QED) is 0.816. The minimum atomic E-state index is -5.08. The van der Waals surface area contributed by atoms with E-state index in [9.17, 15) is 18.0 Å². The summed E-state index contributed by atoms with van der Waals surface area (Å²) in [5, 5.41) is 10.5. The largest absolute Gasteiger partial charge is 0.490 e. The molecule has 2 aliphatic rings. The monoisotopic (exact) mass is 320 g/mol. The Hall–Kier alpha value is -2.03. The van der Waals surface area contributed by atoms with Crippen molar-refractivity contribution in [1.82, 2.24) is 10.2 Å². The SMILES string of the molecule is O=C(O)C(F)(F)F.O=C(c1ccco1)N1C[C@H]2CN[C@H](C2)C1. The van der Waals surface area contributed by atoms with Gasteiger partial charge in [-0.25, -0.2) is 4.79 Å². The second-order valence-corrected chi connectivity index (χ2v) is 5.20. The smallest absolute Gasteiger partial charge is 0.475 e. The Bertz CT molecular complexity index is 518. The van der Waals surface area contributed by atoms with Gasteiger partial charge in [0.25, 0.3) is 5.91 Å². The van der Waals surface area contributed by atoms with E-state index in [1.54, 1.807) is 18.4 Å². The number of halogens is 3. The zero-order valence-electron chi connectivity index (χ0n) is 11.5. The molecule has 1 aromatic rings. The molecule has 0 saturated carbocycles. The molecule has 2 N–H and O–H groups in total. The molecule has 6 nitrogen and oxygen atoms in total. The maximum absolute atomic E-state index is 12.0. The third-order valence-electron chi connectivity index (χ3n) is 3.49. The Morgan fingerprint density at radius 1 is 1.36 bits per heavy atom. The third kappa shape index (κ3) is 4.00. The second kappa shape index (κ2) is 6.39. The highest BCUT2D eigenvalue weighted by Gasteiger charge is 2.38. The first-order valence-corrected chi connectivity index (χ1v) is 6.63. The molecule has 2 bridgehead atoms. The molecule has 3 heterocycles. The Labute approximate surface area is 123 Å². The molecule has 2 fully saturated rings. The van der Waals surface area contributed by atoms with Crippen molar-refractivity contribution in [3.63, 3.8) is 0 Å². The average molecular weight is 320 g/mol. The van der Waals surface area contributed by atoms with Crippen molar-refractivity contribution >= 4 is 11.9 Å². The van der Waals surface area contributed by atoms with Crippen LogP contribution in [0.4, 0.5) is 13.2 Å². The number of carboxylic acids is 1. The van der Waals surface area contributed by atoms with E-state index in [0.29, 0.717) is 17.7 Å². The number of aliphatic carboxylic acids is 1. The van der Waals surface area contributed by atoms with E-state index in [4.69, 9.17) is 14.3 Å². The number of alkyl halides is 3. The molecule has 122 valence electrons. The van der Waals surface area contributed by atoms with E-state index < -0.39 is 12.1 Å².